The summed E-state index contributed by atoms with van der Waals surface area (Å²) in [6, 6.07) is 16.4. The van der Waals surface area contributed by atoms with Crippen LogP contribution in [0.5, 0.6) is 5.75 Å². The third kappa shape index (κ3) is 4.85. The number of carbonyl (C=O) groups excluding carboxylic acids is 1. The van der Waals surface area contributed by atoms with Gasteiger partial charge in [-0.05, 0) is 48.9 Å². The van der Waals surface area contributed by atoms with Crippen LogP contribution in [0.2, 0.25) is 0 Å². The molecule has 168 valence electrons. The predicted octanol–water partition coefficient (Wildman–Crippen LogP) is 3.92. The molecule has 1 fully saturated rings. The molecule has 1 aromatic heterocycles. The van der Waals surface area contributed by atoms with Crippen LogP contribution in [0, 0.1) is 12.7 Å². The third-order valence-electron chi connectivity index (χ3n) is 5.26. The van der Waals surface area contributed by atoms with E-state index in [0.29, 0.717) is 28.6 Å². The van der Waals surface area contributed by atoms with Gasteiger partial charge in [0.05, 0.1) is 5.56 Å². The lowest BCUT2D eigenvalue weighted by Crippen LogP contribution is -2.50. The SMILES string of the molecule is Cc1ccc(S(=O)(=O)N2CCN(C(=O)c3ccccc3OCc3ccc(F)cc3)CC2)s1. The van der Waals surface area contributed by atoms with Gasteiger partial charge in [-0.1, -0.05) is 24.3 Å². The monoisotopic (exact) mass is 474 g/mol. The lowest BCUT2D eigenvalue weighted by molar-refractivity contribution is 0.0693. The van der Waals surface area contributed by atoms with E-state index in [9.17, 15) is 17.6 Å². The Morgan fingerprint density at radius 3 is 2.34 bits per heavy atom. The number of sulfonamides is 1. The number of rotatable bonds is 6. The molecule has 1 amide bonds. The Labute approximate surface area is 190 Å². The fourth-order valence-corrected chi connectivity index (χ4v) is 6.35. The standard InChI is InChI=1S/C23H23FN2O4S2/c1-17-6-11-22(31-17)32(28,29)26-14-12-25(13-15-26)23(27)20-4-2-3-5-21(20)30-16-18-7-9-19(24)10-8-18/h2-11H,12-16H2,1H3. The van der Waals surface area contributed by atoms with Gasteiger partial charge in [0.15, 0.2) is 0 Å². The molecular formula is C23H23FN2O4S2. The van der Waals surface area contributed by atoms with Crippen LogP contribution in [-0.4, -0.2) is 49.7 Å². The Morgan fingerprint density at radius 2 is 1.69 bits per heavy atom. The quantitative estimate of drug-likeness (QED) is 0.543. The van der Waals surface area contributed by atoms with Crippen molar-refractivity contribution < 1.29 is 22.3 Å². The van der Waals surface area contributed by atoms with E-state index in [0.717, 1.165) is 10.4 Å². The fourth-order valence-electron chi connectivity index (χ4n) is 3.49. The van der Waals surface area contributed by atoms with Crippen molar-refractivity contribution in [3.05, 3.63) is 82.5 Å². The van der Waals surface area contributed by atoms with Crippen molar-refractivity contribution in [2.45, 2.75) is 17.7 Å². The molecule has 0 unspecified atom stereocenters. The van der Waals surface area contributed by atoms with Gasteiger partial charge in [0, 0.05) is 31.1 Å². The van der Waals surface area contributed by atoms with Crippen LogP contribution in [0.3, 0.4) is 0 Å². The highest BCUT2D eigenvalue weighted by Crippen LogP contribution is 2.26. The molecule has 0 atom stereocenters. The number of ether oxygens (including phenoxy) is 1. The predicted molar refractivity (Wildman–Crippen MR) is 121 cm³/mol. The molecule has 1 aliphatic rings. The largest absolute Gasteiger partial charge is 0.488 e. The summed E-state index contributed by atoms with van der Waals surface area (Å²) in [7, 11) is -3.54. The zero-order chi connectivity index (χ0) is 22.7. The Morgan fingerprint density at radius 1 is 1.00 bits per heavy atom. The third-order valence-corrected chi connectivity index (χ3v) is 8.63. The summed E-state index contributed by atoms with van der Waals surface area (Å²) in [5.74, 6) is -0.0886. The Hall–Kier alpha value is -2.75. The Bertz CT molecular complexity index is 1200. The Balaban J connectivity index is 1.41. The van der Waals surface area contributed by atoms with Gasteiger partial charge in [-0.15, -0.1) is 11.3 Å². The maximum atomic E-state index is 13.1. The number of para-hydroxylation sites is 1. The molecule has 2 aromatic carbocycles. The number of aryl methyl sites for hydroxylation is 1. The lowest BCUT2D eigenvalue weighted by atomic mass is 10.1. The average Bonchev–Trinajstić information content (AvgIpc) is 3.26. The maximum absolute atomic E-state index is 13.1. The first-order valence-corrected chi connectivity index (χ1v) is 12.4. The van der Waals surface area contributed by atoms with Crippen LogP contribution < -0.4 is 4.74 Å². The second-order valence-corrected chi connectivity index (χ2v) is 10.9. The van der Waals surface area contributed by atoms with Gasteiger partial charge in [-0.25, -0.2) is 12.8 Å². The van der Waals surface area contributed by atoms with Gasteiger partial charge in [-0.3, -0.25) is 4.79 Å². The number of piperazine rings is 1. The Kier molecular flexibility index (Phi) is 6.59. The van der Waals surface area contributed by atoms with Crippen molar-refractivity contribution in [1.82, 2.24) is 9.21 Å². The van der Waals surface area contributed by atoms with E-state index in [-0.39, 0.29) is 31.4 Å². The highest BCUT2D eigenvalue weighted by molar-refractivity contribution is 7.91. The van der Waals surface area contributed by atoms with Crippen molar-refractivity contribution >= 4 is 27.3 Å². The minimum absolute atomic E-state index is 0.205. The zero-order valence-electron chi connectivity index (χ0n) is 17.5. The first-order chi connectivity index (χ1) is 15.3. The van der Waals surface area contributed by atoms with Crippen molar-refractivity contribution in [3.63, 3.8) is 0 Å². The first-order valence-electron chi connectivity index (χ1n) is 10.2. The smallest absolute Gasteiger partial charge is 0.257 e. The average molecular weight is 475 g/mol. The summed E-state index contributed by atoms with van der Waals surface area (Å²) in [4.78, 5) is 15.7. The number of hydrogen-bond acceptors (Lipinski definition) is 5. The van der Waals surface area contributed by atoms with E-state index in [2.05, 4.69) is 0 Å². The summed E-state index contributed by atoms with van der Waals surface area (Å²) in [6.07, 6.45) is 0. The molecule has 0 radical (unpaired) electrons. The number of benzene rings is 2. The molecule has 0 bridgehead atoms. The molecule has 0 saturated carbocycles. The van der Waals surface area contributed by atoms with Gasteiger partial charge in [0.2, 0.25) is 0 Å². The van der Waals surface area contributed by atoms with Crippen LogP contribution >= 0.6 is 11.3 Å². The number of amides is 1. The maximum Gasteiger partial charge on any atom is 0.257 e. The van der Waals surface area contributed by atoms with E-state index in [1.807, 2.05) is 6.92 Å². The summed E-state index contributed by atoms with van der Waals surface area (Å²) in [5.41, 5.74) is 1.20. The number of hydrogen-bond donors (Lipinski definition) is 0. The molecule has 6 nitrogen and oxygen atoms in total. The van der Waals surface area contributed by atoms with Crippen molar-refractivity contribution in [2.75, 3.05) is 26.2 Å². The van der Waals surface area contributed by atoms with Crippen LogP contribution in [0.25, 0.3) is 0 Å². The lowest BCUT2D eigenvalue weighted by Gasteiger charge is -2.34. The highest BCUT2D eigenvalue weighted by Gasteiger charge is 2.32. The topological polar surface area (TPSA) is 66.9 Å². The molecule has 0 aliphatic carbocycles. The molecule has 0 N–H and O–H groups in total. The first kappa shape index (κ1) is 22.4. The van der Waals surface area contributed by atoms with Gasteiger partial charge in [-0.2, -0.15) is 4.31 Å². The van der Waals surface area contributed by atoms with Gasteiger partial charge in [0.1, 0.15) is 22.4 Å². The van der Waals surface area contributed by atoms with Crippen molar-refractivity contribution in [3.8, 4) is 5.75 Å². The second-order valence-electron chi connectivity index (χ2n) is 7.47. The van der Waals surface area contributed by atoms with E-state index >= 15 is 0 Å². The van der Waals surface area contributed by atoms with Gasteiger partial charge < -0.3 is 9.64 Å². The van der Waals surface area contributed by atoms with Crippen LogP contribution in [-0.2, 0) is 16.6 Å². The van der Waals surface area contributed by atoms with Gasteiger partial charge >= 0.3 is 0 Å². The molecule has 1 aliphatic heterocycles. The molecule has 4 rings (SSSR count). The highest BCUT2D eigenvalue weighted by atomic mass is 32.2. The van der Waals surface area contributed by atoms with Gasteiger partial charge in [0.25, 0.3) is 15.9 Å². The minimum atomic E-state index is -3.54. The molecule has 0 spiro atoms. The summed E-state index contributed by atoms with van der Waals surface area (Å²) < 4.78 is 46.3. The number of carbonyl (C=O) groups is 1. The molecule has 1 saturated heterocycles. The number of halogens is 1. The normalized spacial score (nSPS) is 15.0. The van der Waals surface area contributed by atoms with Crippen molar-refractivity contribution in [1.29, 1.82) is 0 Å². The van der Waals surface area contributed by atoms with Crippen LogP contribution in [0.15, 0.2) is 64.9 Å². The summed E-state index contributed by atoms with van der Waals surface area (Å²) in [6.45, 7) is 3.16. The molecule has 3 aromatic rings. The summed E-state index contributed by atoms with van der Waals surface area (Å²) >= 11 is 1.25. The van der Waals surface area contributed by atoms with E-state index in [4.69, 9.17) is 4.74 Å². The zero-order valence-corrected chi connectivity index (χ0v) is 19.2. The molecule has 2 heterocycles. The second kappa shape index (κ2) is 9.40. The number of thiophene rings is 1. The van der Waals surface area contributed by atoms with E-state index in [1.165, 1.54) is 27.8 Å². The van der Waals surface area contributed by atoms with E-state index in [1.54, 1.807) is 53.4 Å². The van der Waals surface area contributed by atoms with E-state index < -0.39 is 10.0 Å². The molecular weight excluding hydrogens is 451 g/mol. The van der Waals surface area contributed by atoms with Crippen LogP contribution in [0.1, 0.15) is 20.8 Å². The molecule has 32 heavy (non-hydrogen) atoms. The van der Waals surface area contributed by atoms with Crippen LogP contribution in [0.4, 0.5) is 4.39 Å². The minimum Gasteiger partial charge on any atom is -0.488 e. The molecule has 9 heteroatoms. The number of nitrogens with zero attached hydrogens (tertiary/aromatic N) is 2. The fraction of sp³-hybridized carbons (Fsp3) is 0.261. The van der Waals surface area contributed by atoms with Crippen molar-refractivity contribution in [2.24, 2.45) is 0 Å². The summed E-state index contributed by atoms with van der Waals surface area (Å²) in [5, 5.41) is 0.